The van der Waals surface area contributed by atoms with Gasteiger partial charge in [0.25, 0.3) is 0 Å². The highest BCUT2D eigenvalue weighted by atomic mass is 15.2. The first-order valence-electron chi connectivity index (χ1n) is 5.20. The third-order valence-electron chi connectivity index (χ3n) is 2.68. The number of hydrogen-bond donors (Lipinski definition) is 2. The number of H-pyrrole nitrogens is 1. The summed E-state index contributed by atoms with van der Waals surface area (Å²) in [7, 11) is 0. The summed E-state index contributed by atoms with van der Waals surface area (Å²) in [4.78, 5) is 2.05. The molecule has 1 aromatic heterocycles. The highest BCUT2D eigenvalue weighted by molar-refractivity contribution is 6.00. The summed E-state index contributed by atoms with van der Waals surface area (Å²) in [5.74, 6) is 0.540. The van der Waals surface area contributed by atoms with Crippen LogP contribution in [0.2, 0.25) is 0 Å². The standard InChI is InChI=1S/C12H12N4/c13-12-11-9(14-15-12)5-4-6-10(11)16-7-2-1-3-8-16/h2-8H,1H2,(H3,13,14,15). The maximum absolute atomic E-state index is 5.87. The van der Waals surface area contributed by atoms with Crippen molar-refractivity contribution in [2.24, 2.45) is 0 Å². The van der Waals surface area contributed by atoms with Crippen molar-refractivity contribution in [3.8, 4) is 0 Å². The number of nitrogens with one attached hydrogen (secondary N) is 1. The lowest BCUT2D eigenvalue weighted by molar-refractivity contribution is 1.13. The molecular weight excluding hydrogens is 200 g/mol. The normalized spacial score (nSPS) is 14.9. The van der Waals surface area contributed by atoms with Crippen LogP contribution in [-0.2, 0) is 0 Å². The second kappa shape index (κ2) is 3.41. The maximum Gasteiger partial charge on any atom is 0.155 e. The molecule has 0 radical (unpaired) electrons. The molecule has 1 aromatic carbocycles. The van der Waals surface area contributed by atoms with Crippen molar-refractivity contribution >= 4 is 22.4 Å². The zero-order valence-electron chi connectivity index (χ0n) is 8.72. The SMILES string of the molecule is Nc1n[nH]c2cccc(N3C=CCC=C3)c12. The van der Waals surface area contributed by atoms with Crippen LogP contribution < -0.4 is 10.6 Å². The van der Waals surface area contributed by atoms with Crippen LogP contribution in [-0.4, -0.2) is 10.2 Å². The number of hydrogen-bond acceptors (Lipinski definition) is 3. The van der Waals surface area contributed by atoms with E-state index in [0.717, 1.165) is 23.0 Å². The van der Waals surface area contributed by atoms with E-state index in [2.05, 4.69) is 27.2 Å². The second-order valence-electron chi connectivity index (χ2n) is 3.72. The zero-order valence-corrected chi connectivity index (χ0v) is 8.72. The fourth-order valence-corrected chi connectivity index (χ4v) is 1.93. The van der Waals surface area contributed by atoms with Crippen molar-refractivity contribution in [2.75, 3.05) is 10.6 Å². The van der Waals surface area contributed by atoms with Crippen molar-refractivity contribution in [2.45, 2.75) is 6.42 Å². The molecule has 1 aliphatic rings. The van der Waals surface area contributed by atoms with Crippen molar-refractivity contribution in [1.29, 1.82) is 0 Å². The minimum atomic E-state index is 0.540. The molecule has 0 saturated carbocycles. The fourth-order valence-electron chi connectivity index (χ4n) is 1.93. The smallest absolute Gasteiger partial charge is 0.155 e. The van der Waals surface area contributed by atoms with Gasteiger partial charge >= 0.3 is 0 Å². The Bertz CT molecular complexity index is 568. The van der Waals surface area contributed by atoms with Crippen LogP contribution in [0.3, 0.4) is 0 Å². The van der Waals surface area contributed by atoms with Crippen LogP contribution in [0.4, 0.5) is 11.5 Å². The fraction of sp³-hybridized carbons (Fsp3) is 0.0833. The Labute approximate surface area is 93.0 Å². The quantitative estimate of drug-likeness (QED) is 0.763. The molecule has 4 heteroatoms. The van der Waals surface area contributed by atoms with E-state index in [-0.39, 0.29) is 0 Å². The summed E-state index contributed by atoms with van der Waals surface area (Å²) in [6.45, 7) is 0. The molecule has 0 unspecified atom stereocenters. The Morgan fingerprint density at radius 3 is 2.88 bits per heavy atom. The number of rotatable bonds is 1. The summed E-state index contributed by atoms with van der Waals surface area (Å²) in [5.41, 5.74) is 7.88. The molecule has 1 aliphatic heterocycles. The van der Waals surface area contributed by atoms with Crippen LogP contribution in [0.5, 0.6) is 0 Å². The second-order valence-corrected chi connectivity index (χ2v) is 3.72. The Hall–Kier alpha value is -2.23. The third kappa shape index (κ3) is 1.27. The van der Waals surface area contributed by atoms with Crippen LogP contribution in [0.25, 0.3) is 10.9 Å². The van der Waals surface area contributed by atoms with Gasteiger partial charge in [0.1, 0.15) is 0 Å². The number of nitrogen functional groups attached to an aromatic ring is 1. The lowest BCUT2D eigenvalue weighted by Crippen LogP contribution is -2.09. The molecular formula is C12H12N4. The summed E-state index contributed by atoms with van der Waals surface area (Å²) in [6, 6.07) is 6.00. The molecule has 0 aliphatic carbocycles. The summed E-state index contributed by atoms with van der Waals surface area (Å²) < 4.78 is 0. The Kier molecular flexibility index (Phi) is 1.93. The molecule has 0 bridgehead atoms. The molecule has 2 heterocycles. The number of aromatic nitrogens is 2. The third-order valence-corrected chi connectivity index (χ3v) is 2.68. The van der Waals surface area contributed by atoms with Gasteiger partial charge in [0, 0.05) is 12.4 Å². The monoisotopic (exact) mass is 212 g/mol. The first-order valence-corrected chi connectivity index (χ1v) is 5.20. The number of benzene rings is 1. The molecule has 0 amide bonds. The van der Waals surface area contributed by atoms with E-state index >= 15 is 0 Å². The van der Waals surface area contributed by atoms with Gasteiger partial charge in [-0.2, -0.15) is 5.10 Å². The molecule has 80 valence electrons. The van der Waals surface area contributed by atoms with Crippen molar-refractivity contribution in [3.63, 3.8) is 0 Å². The largest absolute Gasteiger partial charge is 0.382 e. The van der Waals surface area contributed by atoms with Gasteiger partial charge in [0.05, 0.1) is 16.6 Å². The number of allylic oxidation sites excluding steroid dienone is 2. The zero-order chi connectivity index (χ0) is 11.0. The molecule has 2 aromatic rings. The van der Waals surface area contributed by atoms with Gasteiger partial charge in [-0.1, -0.05) is 18.2 Å². The molecule has 0 spiro atoms. The van der Waals surface area contributed by atoms with Gasteiger partial charge in [0.15, 0.2) is 5.82 Å². The molecule has 0 atom stereocenters. The summed E-state index contributed by atoms with van der Waals surface area (Å²) in [5, 5.41) is 7.92. The number of fused-ring (bicyclic) bond motifs is 1. The minimum Gasteiger partial charge on any atom is -0.382 e. The van der Waals surface area contributed by atoms with Gasteiger partial charge in [-0.15, -0.1) is 0 Å². The maximum atomic E-state index is 5.87. The van der Waals surface area contributed by atoms with E-state index in [4.69, 9.17) is 5.73 Å². The average Bonchev–Trinajstić information content (AvgIpc) is 2.73. The predicted molar refractivity (Wildman–Crippen MR) is 65.9 cm³/mol. The van der Waals surface area contributed by atoms with E-state index in [1.165, 1.54) is 0 Å². The van der Waals surface area contributed by atoms with Crippen LogP contribution in [0.15, 0.2) is 42.8 Å². The molecule has 0 fully saturated rings. The van der Waals surface area contributed by atoms with E-state index in [0.29, 0.717) is 5.82 Å². The van der Waals surface area contributed by atoms with E-state index in [1.54, 1.807) is 0 Å². The first-order chi connectivity index (χ1) is 7.86. The van der Waals surface area contributed by atoms with Crippen molar-refractivity contribution < 1.29 is 0 Å². The Morgan fingerprint density at radius 1 is 1.25 bits per heavy atom. The molecule has 3 rings (SSSR count). The highest BCUT2D eigenvalue weighted by Crippen LogP contribution is 2.30. The van der Waals surface area contributed by atoms with Gasteiger partial charge in [0.2, 0.25) is 0 Å². The number of nitrogens with two attached hydrogens (primary N) is 1. The molecule has 3 N–H and O–H groups in total. The average molecular weight is 212 g/mol. The molecule has 16 heavy (non-hydrogen) atoms. The number of nitrogens with zero attached hydrogens (tertiary/aromatic N) is 2. The summed E-state index contributed by atoms with van der Waals surface area (Å²) in [6.07, 6.45) is 9.28. The van der Waals surface area contributed by atoms with Crippen LogP contribution in [0.1, 0.15) is 6.42 Å². The first kappa shape index (κ1) is 9.03. The van der Waals surface area contributed by atoms with Crippen LogP contribution >= 0.6 is 0 Å². The predicted octanol–water partition coefficient (Wildman–Crippen LogP) is 2.38. The van der Waals surface area contributed by atoms with Gasteiger partial charge < -0.3 is 10.6 Å². The van der Waals surface area contributed by atoms with Gasteiger partial charge in [-0.3, -0.25) is 5.10 Å². The van der Waals surface area contributed by atoms with Crippen molar-refractivity contribution in [3.05, 3.63) is 42.8 Å². The van der Waals surface area contributed by atoms with E-state index < -0.39 is 0 Å². The Morgan fingerprint density at radius 2 is 2.06 bits per heavy atom. The van der Waals surface area contributed by atoms with Gasteiger partial charge in [-0.05, 0) is 18.6 Å². The van der Waals surface area contributed by atoms with Crippen LogP contribution in [0, 0.1) is 0 Å². The number of aromatic amines is 1. The van der Waals surface area contributed by atoms with E-state index in [9.17, 15) is 0 Å². The molecule has 0 saturated heterocycles. The summed E-state index contributed by atoms with van der Waals surface area (Å²) >= 11 is 0. The van der Waals surface area contributed by atoms with Crippen molar-refractivity contribution in [1.82, 2.24) is 10.2 Å². The highest BCUT2D eigenvalue weighted by Gasteiger charge is 2.11. The molecule has 4 nitrogen and oxygen atoms in total. The Balaban J connectivity index is 2.22. The number of anilines is 2. The minimum absolute atomic E-state index is 0.540. The lowest BCUT2D eigenvalue weighted by atomic mass is 10.2. The van der Waals surface area contributed by atoms with E-state index in [1.807, 2.05) is 30.6 Å². The van der Waals surface area contributed by atoms with Gasteiger partial charge in [-0.25, -0.2) is 0 Å². The lowest BCUT2D eigenvalue weighted by Gasteiger charge is -2.18. The topological polar surface area (TPSA) is 57.9 Å².